The molecular weight excluding hydrogens is 178 g/mol. The molecule has 0 aromatic carbocycles. The van der Waals surface area contributed by atoms with Crippen LogP contribution in [0.4, 0.5) is 0 Å². The molecule has 0 amide bonds. The molecular formula is C11H23NO2. The number of quaternary nitrogens is 1. The quantitative estimate of drug-likeness (QED) is 0.499. The topological polar surface area (TPSA) is 40.1 Å². The largest absolute Gasteiger partial charge is 0.545 e. The molecule has 3 heteroatoms. The maximum absolute atomic E-state index is 9.49. The van der Waals surface area contributed by atoms with Gasteiger partial charge in [-0.25, -0.2) is 0 Å². The second kappa shape index (κ2) is 7.56. The summed E-state index contributed by atoms with van der Waals surface area (Å²) in [5, 5.41) is 9.49. The second-order valence-corrected chi connectivity index (χ2v) is 4.04. The van der Waals surface area contributed by atoms with Gasteiger partial charge in [0, 0.05) is 0 Å². The molecule has 0 saturated carbocycles. The van der Waals surface area contributed by atoms with Crippen LogP contribution in [0.5, 0.6) is 0 Å². The van der Waals surface area contributed by atoms with E-state index in [4.69, 9.17) is 0 Å². The molecule has 0 aromatic rings. The fourth-order valence-corrected chi connectivity index (χ4v) is 0.763. The van der Waals surface area contributed by atoms with E-state index in [-0.39, 0.29) is 5.57 Å². The Morgan fingerprint density at radius 1 is 1.36 bits per heavy atom. The van der Waals surface area contributed by atoms with Crippen molar-refractivity contribution in [3.63, 3.8) is 0 Å². The second-order valence-electron chi connectivity index (χ2n) is 4.04. The van der Waals surface area contributed by atoms with E-state index in [1.165, 1.54) is 26.4 Å². The summed E-state index contributed by atoms with van der Waals surface area (Å²) in [6.07, 6.45) is 1.29. The summed E-state index contributed by atoms with van der Waals surface area (Å²) in [7, 11) is 4.53. The summed E-state index contributed by atoms with van der Waals surface area (Å²) in [6.45, 7) is 11.5. The molecule has 0 unspecified atom stereocenters. The minimum atomic E-state index is -1.19. The van der Waals surface area contributed by atoms with E-state index >= 15 is 0 Å². The predicted octanol–water partition coefficient (Wildman–Crippen LogP) is 0.805. The van der Waals surface area contributed by atoms with Gasteiger partial charge < -0.3 is 14.4 Å². The van der Waals surface area contributed by atoms with Gasteiger partial charge in [0.15, 0.2) is 0 Å². The van der Waals surface area contributed by atoms with E-state index in [0.717, 1.165) is 4.48 Å². The minimum Gasteiger partial charge on any atom is -0.545 e. The van der Waals surface area contributed by atoms with Gasteiger partial charge in [0.05, 0.1) is 33.2 Å². The van der Waals surface area contributed by atoms with Crippen LogP contribution in [0.3, 0.4) is 0 Å². The predicted molar refractivity (Wildman–Crippen MR) is 57.6 cm³/mol. The van der Waals surface area contributed by atoms with E-state index in [1.54, 1.807) is 0 Å². The van der Waals surface area contributed by atoms with Gasteiger partial charge in [-0.15, -0.1) is 0 Å². The lowest BCUT2D eigenvalue weighted by Gasteiger charge is -2.27. The van der Waals surface area contributed by atoms with Crippen LogP contribution in [0.2, 0.25) is 0 Å². The number of hydrogen-bond donors (Lipinski definition) is 0. The molecule has 0 bridgehead atoms. The third-order valence-corrected chi connectivity index (χ3v) is 2.03. The Hall–Kier alpha value is -0.830. The third-order valence-electron chi connectivity index (χ3n) is 2.03. The molecule has 0 radical (unpaired) electrons. The number of carboxylic acid groups (broad SMARTS) is 1. The van der Waals surface area contributed by atoms with E-state index in [0.29, 0.717) is 0 Å². The average molecular weight is 201 g/mol. The molecule has 0 spiro atoms. The number of hydrogen-bond acceptors (Lipinski definition) is 2. The molecule has 0 fully saturated rings. The number of carbonyl (C=O) groups excluding carboxylic acids is 1. The van der Waals surface area contributed by atoms with Crippen LogP contribution < -0.4 is 5.11 Å². The summed E-state index contributed by atoms with van der Waals surface area (Å²) in [6, 6.07) is 0. The van der Waals surface area contributed by atoms with Gasteiger partial charge in [-0.2, -0.15) is 0 Å². The van der Waals surface area contributed by atoms with Crippen LogP contribution >= 0.6 is 0 Å². The Bertz CT molecular complexity index is 174. The first kappa shape index (κ1) is 15.6. The van der Waals surface area contributed by atoms with E-state index < -0.39 is 5.97 Å². The maximum Gasteiger partial charge on any atom is 0.0779 e. The van der Waals surface area contributed by atoms with Crippen molar-refractivity contribution in [1.82, 2.24) is 0 Å². The minimum absolute atomic E-state index is 0.0648. The highest BCUT2D eigenvalue weighted by Gasteiger charge is 2.07. The summed E-state index contributed by atoms with van der Waals surface area (Å²) in [5.41, 5.74) is 0.0648. The van der Waals surface area contributed by atoms with Crippen LogP contribution in [0, 0.1) is 0 Å². The van der Waals surface area contributed by atoms with Crippen LogP contribution in [0.15, 0.2) is 12.2 Å². The summed E-state index contributed by atoms with van der Waals surface area (Å²) in [4.78, 5) is 9.49. The van der Waals surface area contributed by atoms with Gasteiger partial charge in [0.2, 0.25) is 0 Å². The first-order valence-corrected chi connectivity index (χ1v) is 4.95. The molecule has 0 aliphatic heterocycles. The SMILES string of the molecule is C=C(C)C(=O)[O-].CCC[N+](C)(C)CC. The lowest BCUT2D eigenvalue weighted by atomic mass is 10.4. The van der Waals surface area contributed by atoms with Crippen molar-refractivity contribution in [2.24, 2.45) is 0 Å². The highest BCUT2D eigenvalue weighted by atomic mass is 16.4. The Morgan fingerprint density at radius 3 is 1.79 bits per heavy atom. The maximum atomic E-state index is 9.49. The smallest absolute Gasteiger partial charge is 0.0779 e. The van der Waals surface area contributed by atoms with Crippen molar-refractivity contribution in [3.05, 3.63) is 12.2 Å². The first-order chi connectivity index (χ1) is 6.26. The zero-order chi connectivity index (χ0) is 11.8. The highest BCUT2D eigenvalue weighted by Crippen LogP contribution is 1.95. The van der Waals surface area contributed by atoms with Crippen molar-refractivity contribution in [2.45, 2.75) is 27.2 Å². The first-order valence-electron chi connectivity index (χ1n) is 4.95. The summed E-state index contributed by atoms with van der Waals surface area (Å²) < 4.78 is 1.16. The van der Waals surface area contributed by atoms with Gasteiger partial charge >= 0.3 is 0 Å². The molecule has 84 valence electrons. The Labute approximate surface area is 87.6 Å². The summed E-state index contributed by atoms with van der Waals surface area (Å²) in [5.74, 6) is -1.19. The van der Waals surface area contributed by atoms with Crippen LogP contribution in [-0.2, 0) is 4.79 Å². The van der Waals surface area contributed by atoms with Crippen LogP contribution in [0.25, 0.3) is 0 Å². The number of aliphatic carboxylic acids is 1. The lowest BCUT2D eigenvalue weighted by Crippen LogP contribution is -2.39. The van der Waals surface area contributed by atoms with Crippen molar-refractivity contribution in [1.29, 1.82) is 0 Å². The Morgan fingerprint density at radius 2 is 1.71 bits per heavy atom. The van der Waals surface area contributed by atoms with Gasteiger partial charge in [0.25, 0.3) is 0 Å². The van der Waals surface area contributed by atoms with Crippen LogP contribution in [0.1, 0.15) is 27.2 Å². The Kier molecular flexibility index (Phi) is 8.44. The van der Waals surface area contributed by atoms with E-state index in [2.05, 4.69) is 34.5 Å². The van der Waals surface area contributed by atoms with Crippen molar-refractivity contribution < 1.29 is 14.4 Å². The van der Waals surface area contributed by atoms with Gasteiger partial charge in [0.1, 0.15) is 0 Å². The monoisotopic (exact) mass is 201 g/mol. The highest BCUT2D eigenvalue weighted by molar-refractivity contribution is 5.82. The molecule has 0 aliphatic rings. The zero-order valence-electron chi connectivity index (χ0n) is 10.1. The fourth-order valence-electron chi connectivity index (χ4n) is 0.763. The van der Waals surface area contributed by atoms with Crippen molar-refractivity contribution in [2.75, 3.05) is 27.2 Å². The fraction of sp³-hybridized carbons (Fsp3) is 0.727. The third kappa shape index (κ3) is 11.2. The lowest BCUT2D eigenvalue weighted by molar-refractivity contribution is -0.888. The van der Waals surface area contributed by atoms with Crippen molar-refractivity contribution >= 4 is 5.97 Å². The molecule has 0 aliphatic carbocycles. The standard InChI is InChI=1S/C7H18N.C4H6O2/c1-5-7-8(3,4)6-2;1-3(2)4(5)6/h5-7H2,1-4H3;1H2,2H3,(H,5,6)/q+1;/p-1. The number of carbonyl (C=O) groups is 1. The molecule has 14 heavy (non-hydrogen) atoms. The zero-order valence-corrected chi connectivity index (χ0v) is 10.1. The van der Waals surface area contributed by atoms with Gasteiger partial charge in [-0.3, -0.25) is 0 Å². The number of carboxylic acids is 1. The molecule has 0 atom stereocenters. The normalized spacial score (nSPS) is 10.1. The van der Waals surface area contributed by atoms with Crippen molar-refractivity contribution in [3.8, 4) is 0 Å². The average Bonchev–Trinajstić information content (AvgIpc) is 2.05. The molecule has 0 rings (SSSR count). The molecule has 3 nitrogen and oxygen atoms in total. The summed E-state index contributed by atoms with van der Waals surface area (Å²) >= 11 is 0. The molecule has 0 aromatic heterocycles. The molecule has 0 heterocycles. The van der Waals surface area contributed by atoms with Crippen LogP contribution in [-0.4, -0.2) is 37.6 Å². The molecule has 0 N–H and O–H groups in total. The number of nitrogens with zero attached hydrogens (tertiary/aromatic N) is 1. The van der Waals surface area contributed by atoms with Gasteiger partial charge in [-0.1, -0.05) is 13.5 Å². The van der Waals surface area contributed by atoms with E-state index in [1.807, 2.05) is 0 Å². The number of rotatable bonds is 4. The van der Waals surface area contributed by atoms with Gasteiger partial charge in [-0.05, 0) is 25.8 Å². The molecule has 0 saturated heterocycles. The van der Waals surface area contributed by atoms with E-state index in [9.17, 15) is 9.90 Å². The Balaban J connectivity index is 0.